The van der Waals surface area contributed by atoms with E-state index in [-0.39, 0.29) is 18.2 Å². The molecule has 0 radical (unpaired) electrons. The summed E-state index contributed by atoms with van der Waals surface area (Å²) in [6.07, 6.45) is 7.60. The van der Waals surface area contributed by atoms with E-state index in [0.29, 0.717) is 25.7 Å². The normalized spacial score (nSPS) is 10.2. The highest BCUT2D eigenvalue weighted by molar-refractivity contribution is 5.86. The molecule has 0 unspecified atom stereocenters. The van der Waals surface area contributed by atoms with Gasteiger partial charge >= 0.3 is 0 Å². The molecule has 0 fully saturated rings. The number of aromatic nitrogens is 1. The number of Topliss-reactive ketones (excluding diaryl/α,β-unsaturated/α-hetero) is 1. The molecule has 4 heteroatoms. The van der Waals surface area contributed by atoms with Gasteiger partial charge in [0, 0.05) is 37.1 Å². The standard InChI is InChI=1S/C22H24N2O2/c1-3-18(2)7-14-22(26)23-17-21(25)13-10-19-8-11-20(12-9-19)24-15-5-4-6-16-24/h3-6,8-9,11-12,15-16H,1-2,7,10,13-14,17H2/p+1. The number of benzene rings is 1. The van der Waals surface area contributed by atoms with Crippen LogP contribution in [0.4, 0.5) is 0 Å². The Labute approximate surface area is 154 Å². The van der Waals surface area contributed by atoms with E-state index in [4.69, 9.17) is 0 Å². The third-order valence-corrected chi connectivity index (χ3v) is 4.09. The van der Waals surface area contributed by atoms with E-state index < -0.39 is 0 Å². The van der Waals surface area contributed by atoms with Gasteiger partial charge in [0.1, 0.15) is 0 Å². The maximum Gasteiger partial charge on any atom is 0.220 e. The summed E-state index contributed by atoms with van der Waals surface area (Å²) in [4.78, 5) is 23.6. The molecule has 0 spiro atoms. The van der Waals surface area contributed by atoms with Crippen LogP contribution in [0.5, 0.6) is 0 Å². The van der Waals surface area contributed by atoms with E-state index in [0.717, 1.165) is 16.8 Å². The number of ketones is 1. The second kappa shape index (κ2) is 10.1. The van der Waals surface area contributed by atoms with Gasteiger partial charge in [-0.25, -0.2) is 0 Å². The summed E-state index contributed by atoms with van der Waals surface area (Å²) in [6, 6.07) is 14.1. The topological polar surface area (TPSA) is 50.1 Å². The molecule has 0 bridgehead atoms. The third-order valence-electron chi connectivity index (χ3n) is 4.09. The smallest absolute Gasteiger partial charge is 0.220 e. The van der Waals surface area contributed by atoms with Crippen molar-refractivity contribution < 1.29 is 14.2 Å². The number of allylic oxidation sites excluding steroid dienone is 2. The van der Waals surface area contributed by atoms with Crippen LogP contribution in [0.15, 0.2) is 79.7 Å². The van der Waals surface area contributed by atoms with E-state index in [1.807, 2.05) is 59.4 Å². The summed E-state index contributed by atoms with van der Waals surface area (Å²) in [6.45, 7) is 7.44. The fourth-order valence-electron chi connectivity index (χ4n) is 2.44. The number of carbonyl (C=O) groups is 2. The number of rotatable bonds is 10. The van der Waals surface area contributed by atoms with Crippen LogP contribution in [0.1, 0.15) is 24.8 Å². The number of amides is 1. The molecule has 0 aliphatic heterocycles. The average molecular weight is 349 g/mol. The summed E-state index contributed by atoms with van der Waals surface area (Å²) >= 11 is 0. The Morgan fingerprint density at radius 2 is 1.69 bits per heavy atom. The molecule has 0 aliphatic rings. The number of carbonyl (C=O) groups excluding carboxylic acids is 2. The van der Waals surface area contributed by atoms with Gasteiger partial charge in [-0.3, -0.25) is 9.59 Å². The predicted octanol–water partition coefficient (Wildman–Crippen LogP) is 3.10. The van der Waals surface area contributed by atoms with E-state index >= 15 is 0 Å². The molecule has 1 N–H and O–H groups in total. The molecule has 0 atom stereocenters. The van der Waals surface area contributed by atoms with Crippen molar-refractivity contribution in [3.63, 3.8) is 0 Å². The lowest BCUT2D eigenvalue weighted by molar-refractivity contribution is -0.595. The Morgan fingerprint density at radius 1 is 1.00 bits per heavy atom. The highest BCUT2D eigenvalue weighted by Crippen LogP contribution is 2.07. The first-order valence-corrected chi connectivity index (χ1v) is 8.72. The first-order chi connectivity index (χ1) is 12.6. The van der Waals surface area contributed by atoms with Crippen molar-refractivity contribution >= 4 is 11.7 Å². The van der Waals surface area contributed by atoms with E-state index in [2.05, 4.69) is 18.5 Å². The molecule has 2 aromatic rings. The molecule has 0 saturated carbocycles. The molecule has 134 valence electrons. The Balaban J connectivity index is 1.73. The van der Waals surface area contributed by atoms with Crippen molar-refractivity contribution in [3.05, 3.63) is 85.2 Å². The van der Waals surface area contributed by atoms with Crippen LogP contribution in [-0.4, -0.2) is 18.2 Å². The fourth-order valence-corrected chi connectivity index (χ4v) is 2.44. The second-order valence-electron chi connectivity index (χ2n) is 6.13. The van der Waals surface area contributed by atoms with Gasteiger partial charge in [-0.2, -0.15) is 4.57 Å². The summed E-state index contributed by atoms with van der Waals surface area (Å²) in [5.41, 5.74) is 3.00. The molecular formula is C22H25N2O2+. The van der Waals surface area contributed by atoms with Gasteiger partial charge in [-0.1, -0.05) is 43.0 Å². The maximum absolute atomic E-state index is 12.0. The van der Waals surface area contributed by atoms with E-state index in [1.54, 1.807) is 6.08 Å². The lowest BCUT2D eigenvalue weighted by Gasteiger charge is -2.05. The molecule has 4 nitrogen and oxygen atoms in total. The molecular weight excluding hydrogens is 324 g/mol. The number of aryl methyl sites for hydroxylation is 1. The zero-order valence-electron chi connectivity index (χ0n) is 15.0. The third kappa shape index (κ3) is 6.48. The predicted molar refractivity (Wildman–Crippen MR) is 103 cm³/mol. The fraction of sp³-hybridized carbons (Fsp3) is 0.227. The van der Waals surface area contributed by atoms with E-state index in [1.165, 1.54) is 0 Å². The average Bonchev–Trinajstić information content (AvgIpc) is 2.69. The summed E-state index contributed by atoms with van der Waals surface area (Å²) in [5.74, 6) is -0.104. The van der Waals surface area contributed by atoms with Crippen molar-refractivity contribution in [2.75, 3.05) is 6.54 Å². The van der Waals surface area contributed by atoms with Crippen LogP contribution in [0, 0.1) is 0 Å². The van der Waals surface area contributed by atoms with Crippen LogP contribution in [0.2, 0.25) is 0 Å². The van der Waals surface area contributed by atoms with Crippen LogP contribution >= 0.6 is 0 Å². The van der Waals surface area contributed by atoms with Crippen molar-refractivity contribution in [3.8, 4) is 5.69 Å². The van der Waals surface area contributed by atoms with Crippen molar-refractivity contribution in [1.82, 2.24) is 5.32 Å². The minimum atomic E-state index is -0.134. The first-order valence-electron chi connectivity index (χ1n) is 8.72. The molecule has 1 amide bonds. The lowest BCUT2D eigenvalue weighted by Crippen LogP contribution is -2.29. The quantitative estimate of drug-likeness (QED) is 0.529. The number of nitrogens with one attached hydrogen (secondary N) is 1. The van der Waals surface area contributed by atoms with Gasteiger partial charge in [-0.15, -0.1) is 0 Å². The molecule has 26 heavy (non-hydrogen) atoms. The maximum atomic E-state index is 12.0. The molecule has 1 aromatic heterocycles. The molecule has 0 saturated heterocycles. The highest BCUT2D eigenvalue weighted by Gasteiger charge is 2.08. The minimum Gasteiger partial charge on any atom is -0.349 e. The number of pyridine rings is 1. The molecule has 1 aromatic carbocycles. The Morgan fingerprint density at radius 3 is 2.35 bits per heavy atom. The molecule has 2 rings (SSSR count). The van der Waals surface area contributed by atoms with Crippen molar-refractivity contribution in [2.24, 2.45) is 0 Å². The van der Waals surface area contributed by atoms with Crippen molar-refractivity contribution in [2.45, 2.75) is 25.7 Å². The number of nitrogens with zero attached hydrogens (tertiary/aromatic N) is 1. The zero-order chi connectivity index (χ0) is 18.8. The van der Waals surface area contributed by atoms with Gasteiger partial charge < -0.3 is 5.32 Å². The van der Waals surface area contributed by atoms with Crippen molar-refractivity contribution in [1.29, 1.82) is 0 Å². The van der Waals surface area contributed by atoms with E-state index in [9.17, 15) is 9.59 Å². The van der Waals surface area contributed by atoms with Crippen LogP contribution in [0.3, 0.4) is 0 Å². The second-order valence-corrected chi connectivity index (χ2v) is 6.13. The summed E-state index contributed by atoms with van der Waals surface area (Å²) < 4.78 is 2.03. The van der Waals surface area contributed by atoms with Gasteiger partial charge in [-0.05, 0) is 18.4 Å². The SMILES string of the molecule is C=CC(=C)CCC(=O)NCC(=O)CCc1ccc(-[n+]2ccccc2)cc1. The van der Waals surface area contributed by atoms with Crippen LogP contribution in [-0.2, 0) is 16.0 Å². The minimum absolute atomic E-state index is 0.0300. The highest BCUT2D eigenvalue weighted by atomic mass is 16.2. The van der Waals surface area contributed by atoms with Crippen LogP contribution in [0.25, 0.3) is 5.69 Å². The molecule has 0 aliphatic carbocycles. The Bertz CT molecular complexity index is 764. The zero-order valence-corrected chi connectivity index (χ0v) is 15.0. The Kier molecular flexibility index (Phi) is 7.49. The Hall–Kier alpha value is -3.01. The van der Waals surface area contributed by atoms with Gasteiger partial charge in [0.05, 0.1) is 6.54 Å². The summed E-state index contributed by atoms with van der Waals surface area (Å²) in [5, 5.41) is 2.66. The van der Waals surface area contributed by atoms with Gasteiger partial charge in [0.2, 0.25) is 11.6 Å². The summed E-state index contributed by atoms with van der Waals surface area (Å²) in [7, 11) is 0. The first kappa shape index (κ1) is 19.3. The van der Waals surface area contributed by atoms with Crippen LogP contribution < -0.4 is 9.88 Å². The number of hydrogen-bond donors (Lipinski definition) is 1. The van der Waals surface area contributed by atoms with Gasteiger partial charge in [0.15, 0.2) is 18.2 Å². The molecule has 1 heterocycles. The number of hydrogen-bond acceptors (Lipinski definition) is 2. The monoisotopic (exact) mass is 349 g/mol. The largest absolute Gasteiger partial charge is 0.349 e. The lowest BCUT2D eigenvalue weighted by atomic mass is 10.1. The van der Waals surface area contributed by atoms with Gasteiger partial charge in [0.25, 0.3) is 0 Å².